The molecular formula is C20H23NO4. The Labute approximate surface area is 148 Å². The van der Waals surface area contributed by atoms with Crippen molar-refractivity contribution in [3.63, 3.8) is 0 Å². The number of aryl methyl sites for hydroxylation is 1. The van der Waals surface area contributed by atoms with Crippen LogP contribution in [0.5, 0.6) is 5.75 Å². The first-order valence-corrected chi connectivity index (χ1v) is 8.41. The molecule has 0 saturated carbocycles. The quantitative estimate of drug-likeness (QED) is 0.741. The molecule has 0 aliphatic carbocycles. The SMILES string of the molecule is CCCOc1ccc(C(=O)OCC(=O)Nc2ccc(CC)cc2)cc1. The molecule has 0 aromatic heterocycles. The lowest BCUT2D eigenvalue weighted by atomic mass is 10.1. The van der Waals surface area contributed by atoms with E-state index in [4.69, 9.17) is 9.47 Å². The van der Waals surface area contributed by atoms with Gasteiger partial charge in [-0.2, -0.15) is 0 Å². The Morgan fingerprint density at radius 1 is 0.960 bits per heavy atom. The fourth-order valence-electron chi connectivity index (χ4n) is 2.14. The molecule has 0 atom stereocenters. The highest BCUT2D eigenvalue weighted by Gasteiger charge is 2.10. The van der Waals surface area contributed by atoms with Gasteiger partial charge in [-0.05, 0) is 54.8 Å². The van der Waals surface area contributed by atoms with Gasteiger partial charge in [-0.1, -0.05) is 26.0 Å². The van der Waals surface area contributed by atoms with Gasteiger partial charge in [-0.3, -0.25) is 4.79 Å². The average Bonchev–Trinajstić information content (AvgIpc) is 2.65. The summed E-state index contributed by atoms with van der Waals surface area (Å²) < 4.78 is 10.5. The maximum atomic E-state index is 12.0. The summed E-state index contributed by atoms with van der Waals surface area (Å²) in [4.78, 5) is 23.8. The fourth-order valence-corrected chi connectivity index (χ4v) is 2.14. The predicted octanol–water partition coefficient (Wildman–Crippen LogP) is 3.83. The maximum Gasteiger partial charge on any atom is 0.338 e. The van der Waals surface area contributed by atoms with Crippen LogP contribution in [0.2, 0.25) is 0 Å². The zero-order chi connectivity index (χ0) is 18.1. The molecule has 5 heteroatoms. The number of rotatable bonds is 8. The fraction of sp³-hybridized carbons (Fsp3) is 0.300. The number of carbonyl (C=O) groups is 2. The molecule has 0 radical (unpaired) electrons. The van der Waals surface area contributed by atoms with Crippen molar-refractivity contribution in [3.05, 3.63) is 59.7 Å². The number of amides is 1. The molecule has 2 aromatic carbocycles. The highest BCUT2D eigenvalue weighted by molar-refractivity contribution is 5.95. The molecule has 0 aliphatic heterocycles. The Morgan fingerprint density at radius 2 is 1.64 bits per heavy atom. The highest BCUT2D eigenvalue weighted by Crippen LogP contribution is 2.13. The van der Waals surface area contributed by atoms with Crippen molar-refractivity contribution in [2.45, 2.75) is 26.7 Å². The van der Waals surface area contributed by atoms with E-state index in [1.807, 2.05) is 31.2 Å². The number of benzene rings is 2. The van der Waals surface area contributed by atoms with Crippen LogP contribution in [0.25, 0.3) is 0 Å². The van der Waals surface area contributed by atoms with Crippen LogP contribution in [-0.4, -0.2) is 25.1 Å². The summed E-state index contributed by atoms with van der Waals surface area (Å²) in [5, 5.41) is 2.70. The monoisotopic (exact) mass is 341 g/mol. The second-order valence-electron chi connectivity index (χ2n) is 5.55. The molecule has 0 saturated heterocycles. The minimum absolute atomic E-state index is 0.331. The molecule has 0 heterocycles. The lowest BCUT2D eigenvalue weighted by Crippen LogP contribution is -2.20. The van der Waals surface area contributed by atoms with Crippen LogP contribution in [0.3, 0.4) is 0 Å². The highest BCUT2D eigenvalue weighted by atomic mass is 16.5. The number of nitrogens with one attached hydrogen (secondary N) is 1. The third kappa shape index (κ3) is 5.95. The molecule has 2 rings (SSSR count). The Morgan fingerprint density at radius 3 is 2.24 bits per heavy atom. The number of carbonyl (C=O) groups excluding carboxylic acids is 2. The van der Waals surface area contributed by atoms with Crippen molar-refractivity contribution in [1.82, 2.24) is 0 Å². The first kappa shape index (κ1) is 18.5. The van der Waals surface area contributed by atoms with E-state index in [0.717, 1.165) is 12.8 Å². The molecule has 132 valence electrons. The molecule has 25 heavy (non-hydrogen) atoms. The molecule has 0 bridgehead atoms. The van der Waals surface area contributed by atoms with Gasteiger partial charge in [0.1, 0.15) is 5.75 Å². The van der Waals surface area contributed by atoms with E-state index in [0.29, 0.717) is 23.6 Å². The van der Waals surface area contributed by atoms with Gasteiger partial charge in [0.25, 0.3) is 5.91 Å². The van der Waals surface area contributed by atoms with Gasteiger partial charge in [0.2, 0.25) is 0 Å². The number of esters is 1. The molecule has 2 aromatic rings. The summed E-state index contributed by atoms with van der Waals surface area (Å²) >= 11 is 0. The van der Waals surface area contributed by atoms with Crippen LogP contribution in [0.1, 0.15) is 36.2 Å². The summed E-state index contributed by atoms with van der Waals surface area (Å²) in [6.07, 6.45) is 1.86. The predicted molar refractivity (Wildman–Crippen MR) is 97.0 cm³/mol. The molecule has 1 N–H and O–H groups in total. The van der Waals surface area contributed by atoms with Crippen molar-refractivity contribution < 1.29 is 19.1 Å². The summed E-state index contributed by atoms with van der Waals surface area (Å²) in [5.41, 5.74) is 2.25. The van der Waals surface area contributed by atoms with Crippen molar-refractivity contribution in [3.8, 4) is 5.75 Å². The van der Waals surface area contributed by atoms with Crippen molar-refractivity contribution in [1.29, 1.82) is 0 Å². The Balaban J connectivity index is 1.81. The van der Waals surface area contributed by atoms with Crippen LogP contribution in [0.15, 0.2) is 48.5 Å². The molecule has 0 unspecified atom stereocenters. The molecule has 0 fully saturated rings. The number of hydrogen-bond donors (Lipinski definition) is 1. The zero-order valence-electron chi connectivity index (χ0n) is 14.6. The minimum atomic E-state index is -0.543. The Hall–Kier alpha value is -2.82. The van der Waals surface area contributed by atoms with Crippen LogP contribution in [0, 0.1) is 0 Å². The molecule has 0 aliphatic rings. The van der Waals surface area contributed by atoms with Crippen molar-refractivity contribution in [2.24, 2.45) is 0 Å². The van der Waals surface area contributed by atoms with Gasteiger partial charge < -0.3 is 14.8 Å². The first-order valence-electron chi connectivity index (χ1n) is 8.41. The summed E-state index contributed by atoms with van der Waals surface area (Å²) in [7, 11) is 0. The normalized spacial score (nSPS) is 10.2. The largest absolute Gasteiger partial charge is 0.494 e. The van der Waals surface area contributed by atoms with E-state index in [2.05, 4.69) is 12.2 Å². The number of hydrogen-bond acceptors (Lipinski definition) is 4. The van der Waals surface area contributed by atoms with E-state index >= 15 is 0 Å². The second-order valence-corrected chi connectivity index (χ2v) is 5.55. The molecular weight excluding hydrogens is 318 g/mol. The average molecular weight is 341 g/mol. The summed E-state index contributed by atoms with van der Waals surface area (Å²) in [6, 6.07) is 14.2. The second kappa shape index (κ2) is 9.47. The molecule has 0 spiro atoms. The zero-order valence-corrected chi connectivity index (χ0v) is 14.6. The molecule has 5 nitrogen and oxygen atoms in total. The lowest BCUT2D eigenvalue weighted by Gasteiger charge is -2.08. The topological polar surface area (TPSA) is 64.6 Å². The van der Waals surface area contributed by atoms with Crippen LogP contribution < -0.4 is 10.1 Å². The van der Waals surface area contributed by atoms with Crippen molar-refractivity contribution >= 4 is 17.6 Å². The molecule has 1 amide bonds. The Bertz CT molecular complexity index is 693. The minimum Gasteiger partial charge on any atom is -0.494 e. The van der Waals surface area contributed by atoms with Gasteiger partial charge >= 0.3 is 5.97 Å². The van der Waals surface area contributed by atoms with E-state index in [1.165, 1.54) is 5.56 Å². The smallest absolute Gasteiger partial charge is 0.338 e. The lowest BCUT2D eigenvalue weighted by molar-refractivity contribution is -0.119. The van der Waals surface area contributed by atoms with E-state index in [-0.39, 0.29) is 12.5 Å². The number of anilines is 1. The summed E-state index contributed by atoms with van der Waals surface area (Å²) in [5.74, 6) is -0.217. The Kier molecular flexibility index (Phi) is 7.01. The third-order valence-corrected chi connectivity index (χ3v) is 3.54. The van der Waals surface area contributed by atoms with Gasteiger partial charge in [-0.15, -0.1) is 0 Å². The van der Waals surface area contributed by atoms with Crippen molar-refractivity contribution in [2.75, 3.05) is 18.5 Å². The van der Waals surface area contributed by atoms with Crippen LogP contribution >= 0.6 is 0 Å². The van der Waals surface area contributed by atoms with Gasteiger partial charge in [0, 0.05) is 5.69 Å². The maximum absolute atomic E-state index is 12.0. The van der Waals surface area contributed by atoms with E-state index < -0.39 is 5.97 Å². The standard InChI is InChI=1S/C20H23NO4/c1-3-13-24-18-11-7-16(8-12-18)20(23)25-14-19(22)21-17-9-5-15(4-2)6-10-17/h5-12H,3-4,13-14H2,1-2H3,(H,21,22). The number of ether oxygens (including phenoxy) is 2. The van der Waals surface area contributed by atoms with Crippen LogP contribution in [0.4, 0.5) is 5.69 Å². The van der Waals surface area contributed by atoms with E-state index in [1.54, 1.807) is 24.3 Å². The van der Waals surface area contributed by atoms with Gasteiger partial charge in [0.05, 0.1) is 12.2 Å². The van der Waals surface area contributed by atoms with E-state index in [9.17, 15) is 9.59 Å². The first-order chi connectivity index (χ1) is 12.1. The third-order valence-electron chi connectivity index (χ3n) is 3.54. The van der Waals surface area contributed by atoms with Gasteiger partial charge in [-0.25, -0.2) is 4.79 Å². The van der Waals surface area contributed by atoms with Gasteiger partial charge in [0.15, 0.2) is 6.61 Å². The van der Waals surface area contributed by atoms with Crippen LogP contribution in [-0.2, 0) is 16.0 Å². The summed E-state index contributed by atoms with van der Waals surface area (Å²) in [6.45, 7) is 4.39.